The van der Waals surface area contributed by atoms with Crippen LogP contribution in [0.4, 0.5) is 0 Å². The zero-order valence-corrected chi connectivity index (χ0v) is 13.3. The Bertz CT molecular complexity index is 630. The summed E-state index contributed by atoms with van der Waals surface area (Å²) in [6, 6.07) is 7.63. The van der Waals surface area contributed by atoms with Crippen molar-refractivity contribution < 1.29 is 13.9 Å². The number of carbonyl (C=O) groups is 1. The number of furan rings is 1. The zero-order valence-electron chi connectivity index (χ0n) is 13.3. The fraction of sp³-hybridized carbons (Fsp3) is 0.471. The number of carbonyl (C=O) groups excluding carboxylic acids is 1. The molecule has 0 fully saturated rings. The molecule has 0 amide bonds. The van der Waals surface area contributed by atoms with Crippen LogP contribution in [0.1, 0.15) is 30.0 Å². The van der Waals surface area contributed by atoms with E-state index in [1.54, 1.807) is 0 Å². The first-order valence-corrected chi connectivity index (χ1v) is 7.24. The second kappa shape index (κ2) is 6.31. The predicted octanol–water partition coefficient (Wildman–Crippen LogP) is 3.48. The Kier molecular flexibility index (Phi) is 4.68. The number of nitrogens with zero attached hydrogens (tertiary/aromatic N) is 1. The average Bonchev–Trinajstić information content (AvgIpc) is 2.76. The van der Waals surface area contributed by atoms with Gasteiger partial charge in [-0.05, 0) is 34.0 Å². The molecular formula is C17H23NO3. The van der Waals surface area contributed by atoms with E-state index in [2.05, 4.69) is 11.8 Å². The van der Waals surface area contributed by atoms with Gasteiger partial charge >= 0.3 is 5.97 Å². The lowest BCUT2D eigenvalue weighted by molar-refractivity contribution is 0.0155. The van der Waals surface area contributed by atoms with Gasteiger partial charge in [-0.25, -0.2) is 4.79 Å². The molecule has 4 heteroatoms. The fourth-order valence-electron chi connectivity index (χ4n) is 2.43. The molecule has 0 spiro atoms. The molecule has 0 radical (unpaired) electrons. The van der Waals surface area contributed by atoms with E-state index in [0.29, 0.717) is 5.76 Å². The Morgan fingerprint density at radius 3 is 2.57 bits per heavy atom. The van der Waals surface area contributed by atoms with Gasteiger partial charge in [-0.15, -0.1) is 0 Å². The Hall–Kier alpha value is -1.81. The van der Waals surface area contributed by atoms with E-state index in [1.165, 1.54) is 0 Å². The maximum absolute atomic E-state index is 12.3. The van der Waals surface area contributed by atoms with Gasteiger partial charge < -0.3 is 14.1 Å². The molecule has 0 saturated heterocycles. The first kappa shape index (κ1) is 15.6. The number of fused-ring (bicyclic) bond motifs is 1. The summed E-state index contributed by atoms with van der Waals surface area (Å²) in [5, 5.41) is 0.957. The Labute approximate surface area is 125 Å². The summed E-state index contributed by atoms with van der Waals surface area (Å²) < 4.78 is 11.2. The largest absolute Gasteiger partial charge is 0.456 e. The van der Waals surface area contributed by atoms with Crippen LogP contribution in [0.3, 0.4) is 0 Å². The zero-order chi connectivity index (χ0) is 15.6. The highest BCUT2D eigenvalue weighted by Crippen LogP contribution is 2.26. The molecule has 2 aromatic rings. The average molecular weight is 289 g/mol. The molecule has 1 heterocycles. The molecule has 0 aliphatic rings. The minimum Gasteiger partial charge on any atom is -0.456 e. The Morgan fingerprint density at radius 1 is 1.29 bits per heavy atom. The molecule has 2 rings (SSSR count). The van der Waals surface area contributed by atoms with Crippen molar-refractivity contribution in [2.45, 2.75) is 26.9 Å². The highest BCUT2D eigenvalue weighted by atomic mass is 16.6. The monoisotopic (exact) mass is 289 g/mol. The molecule has 0 bridgehead atoms. The number of benzene rings is 1. The maximum Gasteiger partial charge on any atom is 0.374 e. The lowest BCUT2D eigenvalue weighted by atomic mass is 10.1. The van der Waals surface area contributed by atoms with Gasteiger partial charge in [0.2, 0.25) is 5.76 Å². The van der Waals surface area contributed by atoms with Gasteiger partial charge in [0, 0.05) is 23.4 Å². The number of ether oxygens (including phenoxy) is 1. The summed E-state index contributed by atoms with van der Waals surface area (Å²) in [5.74, 6) is 0.176. The summed E-state index contributed by atoms with van der Waals surface area (Å²) in [4.78, 5) is 14.4. The number of esters is 1. The Balaban J connectivity index is 2.13. The first-order chi connectivity index (χ1) is 9.90. The highest BCUT2D eigenvalue weighted by Gasteiger charge is 2.23. The lowest BCUT2D eigenvalue weighted by Gasteiger charge is -2.23. The van der Waals surface area contributed by atoms with Crippen LogP contribution in [0, 0.1) is 12.8 Å². The normalized spacial score (nSPS) is 14.4. The standard InChI is InChI=1S/C17H23NO3/c1-11(10-18(4)5)13(3)20-17(19)16-12(2)14-8-6-7-9-15(14)21-16/h6-9,11,13H,10H2,1-5H3. The molecule has 4 nitrogen and oxygen atoms in total. The molecule has 0 saturated carbocycles. The van der Waals surface area contributed by atoms with Crippen LogP contribution in [0.5, 0.6) is 0 Å². The van der Waals surface area contributed by atoms with Crippen molar-refractivity contribution in [3.8, 4) is 0 Å². The first-order valence-electron chi connectivity index (χ1n) is 7.24. The molecule has 1 aromatic heterocycles. The topological polar surface area (TPSA) is 42.7 Å². The molecule has 2 atom stereocenters. The maximum atomic E-state index is 12.3. The fourth-order valence-corrected chi connectivity index (χ4v) is 2.43. The molecule has 21 heavy (non-hydrogen) atoms. The number of hydrogen-bond acceptors (Lipinski definition) is 4. The summed E-state index contributed by atoms with van der Waals surface area (Å²) in [5.41, 5.74) is 1.55. The van der Waals surface area contributed by atoms with E-state index in [0.717, 1.165) is 23.1 Å². The van der Waals surface area contributed by atoms with Crippen LogP contribution >= 0.6 is 0 Å². The molecule has 2 unspecified atom stereocenters. The number of hydrogen-bond donors (Lipinski definition) is 0. The van der Waals surface area contributed by atoms with Crippen LogP contribution < -0.4 is 0 Å². The van der Waals surface area contributed by atoms with Crippen molar-refractivity contribution in [2.24, 2.45) is 5.92 Å². The van der Waals surface area contributed by atoms with Crippen molar-refractivity contribution >= 4 is 16.9 Å². The van der Waals surface area contributed by atoms with Crippen molar-refractivity contribution in [2.75, 3.05) is 20.6 Å². The smallest absolute Gasteiger partial charge is 0.374 e. The van der Waals surface area contributed by atoms with Gasteiger partial charge in [0.25, 0.3) is 0 Å². The third-order valence-electron chi connectivity index (χ3n) is 3.78. The van der Waals surface area contributed by atoms with Gasteiger partial charge in [-0.1, -0.05) is 25.1 Å². The third kappa shape index (κ3) is 3.45. The van der Waals surface area contributed by atoms with E-state index in [-0.39, 0.29) is 18.0 Å². The van der Waals surface area contributed by atoms with Crippen LogP contribution in [0.25, 0.3) is 11.0 Å². The number of para-hydroxylation sites is 1. The van der Waals surface area contributed by atoms with Crippen LogP contribution in [0.2, 0.25) is 0 Å². The van der Waals surface area contributed by atoms with Crippen molar-refractivity contribution in [3.05, 3.63) is 35.6 Å². The minimum absolute atomic E-state index is 0.160. The van der Waals surface area contributed by atoms with E-state index >= 15 is 0 Å². The van der Waals surface area contributed by atoms with Crippen LogP contribution in [0.15, 0.2) is 28.7 Å². The van der Waals surface area contributed by atoms with Crippen LogP contribution in [-0.4, -0.2) is 37.6 Å². The summed E-state index contributed by atoms with van der Waals surface area (Å²) >= 11 is 0. The number of rotatable bonds is 5. The molecule has 0 aliphatic heterocycles. The summed E-state index contributed by atoms with van der Waals surface area (Å²) in [7, 11) is 4.02. The lowest BCUT2D eigenvalue weighted by Crippen LogP contribution is -2.30. The molecular weight excluding hydrogens is 266 g/mol. The molecule has 1 aromatic carbocycles. The predicted molar refractivity (Wildman–Crippen MR) is 83.5 cm³/mol. The van der Waals surface area contributed by atoms with E-state index in [9.17, 15) is 4.79 Å². The van der Waals surface area contributed by atoms with Gasteiger partial charge in [0.1, 0.15) is 11.7 Å². The number of aryl methyl sites for hydroxylation is 1. The van der Waals surface area contributed by atoms with Gasteiger partial charge in [0.05, 0.1) is 0 Å². The SMILES string of the molecule is Cc1c(C(=O)OC(C)C(C)CN(C)C)oc2ccccc12. The summed E-state index contributed by atoms with van der Waals surface area (Å²) in [6.45, 7) is 6.75. The molecule has 114 valence electrons. The second-order valence-corrected chi connectivity index (χ2v) is 5.90. The van der Waals surface area contributed by atoms with E-state index in [1.807, 2.05) is 52.2 Å². The molecule has 0 aliphatic carbocycles. The van der Waals surface area contributed by atoms with E-state index in [4.69, 9.17) is 9.15 Å². The van der Waals surface area contributed by atoms with Crippen LogP contribution in [-0.2, 0) is 4.74 Å². The second-order valence-electron chi connectivity index (χ2n) is 5.90. The Morgan fingerprint density at radius 2 is 1.95 bits per heavy atom. The highest BCUT2D eigenvalue weighted by molar-refractivity contribution is 5.95. The van der Waals surface area contributed by atoms with Gasteiger partial charge in [-0.3, -0.25) is 0 Å². The van der Waals surface area contributed by atoms with Gasteiger partial charge in [0.15, 0.2) is 0 Å². The minimum atomic E-state index is -0.387. The van der Waals surface area contributed by atoms with Crippen molar-refractivity contribution in [1.82, 2.24) is 4.90 Å². The third-order valence-corrected chi connectivity index (χ3v) is 3.78. The van der Waals surface area contributed by atoms with Crippen molar-refractivity contribution in [1.29, 1.82) is 0 Å². The van der Waals surface area contributed by atoms with E-state index < -0.39 is 0 Å². The van der Waals surface area contributed by atoms with Crippen molar-refractivity contribution in [3.63, 3.8) is 0 Å². The summed E-state index contributed by atoms with van der Waals surface area (Å²) in [6.07, 6.45) is -0.160. The molecule has 0 N–H and O–H groups in total. The van der Waals surface area contributed by atoms with Gasteiger partial charge in [-0.2, -0.15) is 0 Å². The quantitative estimate of drug-likeness (QED) is 0.790.